The van der Waals surface area contributed by atoms with E-state index in [1.165, 1.54) is 6.07 Å². The molecule has 0 bridgehead atoms. The zero-order chi connectivity index (χ0) is 13.1. The van der Waals surface area contributed by atoms with Crippen LogP contribution in [0.4, 0.5) is 5.69 Å². The molecule has 6 nitrogen and oxygen atoms in total. The van der Waals surface area contributed by atoms with Gasteiger partial charge in [-0.15, -0.1) is 0 Å². The normalized spacial score (nSPS) is 22.9. The van der Waals surface area contributed by atoms with Gasteiger partial charge in [0.15, 0.2) is 0 Å². The molecular formula is C12H14N2O4. The van der Waals surface area contributed by atoms with Gasteiger partial charge in [-0.25, -0.2) is 0 Å². The van der Waals surface area contributed by atoms with Crippen molar-refractivity contribution in [3.63, 3.8) is 0 Å². The summed E-state index contributed by atoms with van der Waals surface area (Å²) in [7, 11) is 0. The number of nitro groups is 1. The van der Waals surface area contributed by atoms with Gasteiger partial charge in [-0.3, -0.25) is 10.1 Å². The SMILES string of the molecule is O=C([O-])[C@@H]1C[C@@H](Cc2cccc([N+](=O)[O-])c2)C[NH2+]1. The summed E-state index contributed by atoms with van der Waals surface area (Å²) in [5, 5.41) is 23.1. The van der Waals surface area contributed by atoms with E-state index >= 15 is 0 Å². The number of nitro benzene ring substituents is 1. The fraction of sp³-hybridized carbons (Fsp3) is 0.417. The number of nitrogens with two attached hydrogens (primary N) is 1. The molecule has 0 spiro atoms. The van der Waals surface area contributed by atoms with E-state index in [1.807, 2.05) is 6.07 Å². The van der Waals surface area contributed by atoms with Gasteiger partial charge in [0.1, 0.15) is 6.04 Å². The minimum Gasteiger partial charge on any atom is -0.544 e. The molecule has 0 radical (unpaired) electrons. The number of carboxylic acid groups (broad SMARTS) is 1. The van der Waals surface area contributed by atoms with Crippen LogP contribution in [-0.2, 0) is 11.2 Å². The Bertz CT molecular complexity index is 475. The van der Waals surface area contributed by atoms with Gasteiger partial charge in [0.05, 0.1) is 17.4 Å². The molecule has 96 valence electrons. The zero-order valence-electron chi connectivity index (χ0n) is 9.74. The smallest absolute Gasteiger partial charge is 0.269 e. The van der Waals surface area contributed by atoms with Crippen molar-refractivity contribution in [2.75, 3.05) is 6.54 Å². The van der Waals surface area contributed by atoms with E-state index in [2.05, 4.69) is 0 Å². The first-order chi connectivity index (χ1) is 8.56. The van der Waals surface area contributed by atoms with E-state index in [-0.39, 0.29) is 11.6 Å². The Morgan fingerprint density at radius 1 is 1.50 bits per heavy atom. The first-order valence-corrected chi connectivity index (χ1v) is 5.84. The molecule has 1 heterocycles. The molecular weight excluding hydrogens is 236 g/mol. The molecule has 18 heavy (non-hydrogen) atoms. The lowest BCUT2D eigenvalue weighted by Crippen LogP contribution is -2.90. The summed E-state index contributed by atoms with van der Waals surface area (Å²) in [6, 6.07) is 6.01. The third-order valence-electron chi connectivity index (χ3n) is 3.29. The predicted octanol–water partition coefficient (Wildman–Crippen LogP) is -1.16. The lowest BCUT2D eigenvalue weighted by atomic mass is 9.96. The van der Waals surface area contributed by atoms with Gasteiger partial charge in [0.2, 0.25) is 0 Å². The van der Waals surface area contributed by atoms with Crippen LogP contribution in [0.2, 0.25) is 0 Å². The van der Waals surface area contributed by atoms with Crippen LogP contribution < -0.4 is 10.4 Å². The Morgan fingerprint density at radius 3 is 2.89 bits per heavy atom. The molecule has 1 aliphatic heterocycles. The van der Waals surface area contributed by atoms with Crippen molar-refractivity contribution < 1.29 is 20.1 Å². The number of hydrogen-bond acceptors (Lipinski definition) is 4. The maximum atomic E-state index is 10.7. The van der Waals surface area contributed by atoms with Gasteiger partial charge in [0.25, 0.3) is 5.69 Å². The summed E-state index contributed by atoms with van der Waals surface area (Å²) in [6.07, 6.45) is 1.23. The first kappa shape index (κ1) is 12.5. The van der Waals surface area contributed by atoms with Gasteiger partial charge in [-0.1, -0.05) is 12.1 Å². The first-order valence-electron chi connectivity index (χ1n) is 5.84. The summed E-state index contributed by atoms with van der Waals surface area (Å²) in [5.74, 6) is -0.800. The van der Waals surface area contributed by atoms with Gasteiger partial charge in [-0.05, 0) is 12.0 Å². The average Bonchev–Trinajstić information content (AvgIpc) is 2.78. The number of benzene rings is 1. The van der Waals surface area contributed by atoms with Crippen molar-refractivity contribution in [1.29, 1.82) is 0 Å². The standard InChI is InChI=1S/C12H14N2O4/c15-12(16)11-6-9(7-13-11)4-8-2-1-3-10(5-8)14(17)18/h1-3,5,9,11,13H,4,6-7H2,(H,15,16)/t9-,11+/m1/s1. The Morgan fingerprint density at radius 2 is 2.28 bits per heavy atom. The number of carbonyl (C=O) groups is 1. The molecule has 1 saturated heterocycles. The topological polar surface area (TPSA) is 99.9 Å². The van der Waals surface area contributed by atoms with Crippen LogP contribution in [-0.4, -0.2) is 23.5 Å². The molecule has 0 aromatic heterocycles. The van der Waals surface area contributed by atoms with Gasteiger partial charge in [0, 0.05) is 24.5 Å². The molecule has 1 aliphatic rings. The Labute approximate surface area is 104 Å². The maximum Gasteiger partial charge on any atom is 0.269 e. The second-order valence-electron chi connectivity index (χ2n) is 4.63. The predicted molar refractivity (Wildman–Crippen MR) is 60.5 cm³/mol. The lowest BCUT2D eigenvalue weighted by molar-refractivity contribution is -0.666. The number of carbonyl (C=O) groups excluding carboxylic acids is 1. The monoisotopic (exact) mass is 250 g/mol. The molecule has 0 aliphatic carbocycles. The van der Waals surface area contributed by atoms with Crippen molar-refractivity contribution in [1.82, 2.24) is 0 Å². The van der Waals surface area contributed by atoms with Crippen LogP contribution in [0.25, 0.3) is 0 Å². The third kappa shape index (κ3) is 2.84. The van der Waals surface area contributed by atoms with Gasteiger partial charge >= 0.3 is 0 Å². The number of quaternary nitrogens is 1. The van der Waals surface area contributed by atoms with Gasteiger partial charge in [-0.2, -0.15) is 0 Å². The summed E-state index contributed by atoms with van der Waals surface area (Å²) < 4.78 is 0. The van der Waals surface area contributed by atoms with Crippen LogP contribution in [0.3, 0.4) is 0 Å². The molecule has 2 N–H and O–H groups in total. The second kappa shape index (κ2) is 5.14. The van der Waals surface area contributed by atoms with Crippen molar-refractivity contribution in [3.05, 3.63) is 39.9 Å². The van der Waals surface area contributed by atoms with E-state index in [1.54, 1.807) is 17.4 Å². The highest BCUT2D eigenvalue weighted by molar-refractivity contribution is 5.69. The largest absolute Gasteiger partial charge is 0.544 e. The van der Waals surface area contributed by atoms with Gasteiger partial charge < -0.3 is 15.2 Å². The molecule has 2 rings (SSSR count). The fourth-order valence-corrected chi connectivity index (χ4v) is 2.40. The number of nitrogens with zero attached hydrogens (tertiary/aromatic N) is 1. The van der Waals surface area contributed by atoms with E-state index < -0.39 is 16.9 Å². The van der Waals surface area contributed by atoms with Crippen LogP contribution >= 0.6 is 0 Å². The Hall–Kier alpha value is -1.95. The second-order valence-corrected chi connectivity index (χ2v) is 4.63. The quantitative estimate of drug-likeness (QED) is 0.538. The van der Waals surface area contributed by atoms with Crippen molar-refractivity contribution in [3.8, 4) is 0 Å². The minimum atomic E-state index is -1.03. The molecule has 2 atom stereocenters. The number of aliphatic carboxylic acids is 1. The zero-order valence-corrected chi connectivity index (χ0v) is 9.74. The number of hydrogen-bond donors (Lipinski definition) is 1. The van der Waals surface area contributed by atoms with Crippen LogP contribution in [0.5, 0.6) is 0 Å². The lowest BCUT2D eigenvalue weighted by Gasteiger charge is -2.07. The molecule has 0 saturated carbocycles. The maximum absolute atomic E-state index is 10.7. The molecule has 1 fully saturated rings. The van der Waals surface area contributed by atoms with E-state index in [0.717, 1.165) is 12.1 Å². The van der Waals surface area contributed by atoms with E-state index in [9.17, 15) is 20.0 Å². The number of rotatable bonds is 4. The van der Waals surface area contributed by atoms with Crippen LogP contribution in [0.1, 0.15) is 12.0 Å². The minimum absolute atomic E-state index is 0.0749. The highest BCUT2D eigenvalue weighted by atomic mass is 16.6. The van der Waals surface area contributed by atoms with Crippen molar-refractivity contribution in [2.24, 2.45) is 5.92 Å². The summed E-state index contributed by atoms with van der Waals surface area (Å²) in [5.41, 5.74) is 0.951. The molecule has 1 aromatic carbocycles. The number of carboxylic acids is 1. The summed E-state index contributed by atoms with van der Waals surface area (Å²) >= 11 is 0. The third-order valence-corrected chi connectivity index (χ3v) is 3.29. The highest BCUT2D eigenvalue weighted by Crippen LogP contribution is 2.19. The van der Waals surface area contributed by atoms with Crippen molar-refractivity contribution >= 4 is 11.7 Å². The Kier molecular flexibility index (Phi) is 3.57. The van der Waals surface area contributed by atoms with Crippen LogP contribution in [0.15, 0.2) is 24.3 Å². The summed E-state index contributed by atoms with van der Waals surface area (Å²) in [4.78, 5) is 20.9. The molecule has 6 heteroatoms. The summed E-state index contributed by atoms with van der Waals surface area (Å²) in [6.45, 7) is 0.724. The fourth-order valence-electron chi connectivity index (χ4n) is 2.40. The Balaban J connectivity index is 2.00. The molecule has 0 unspecified atom stereocenters. The molecule has 1 aromatic rings. The average molecular weight is 250 g/mol. The van der Waals surface area contributed by atoms with E-state index in [4.69, 9.17) is 0 Å². The highest BCUT2D eigenvalue weighted by Gasteiger charge is 2.29. The van der Waals surface area contributed by atoms with Crippen molar-refractivity contribution in [2.45, 2.75) is 18.9 Å². The number of non-ortho nitro benzene ring substituents is 1. The molecule has 0 amide bonds. The van der Waals surface area contributed by atoms with E-state index in [0.29, 0.717) is 12.8 Å². The van der Waals surface area contributed by atoms with Crippen LogP contribution in [0, 0.1) is 16.0 Å².